The number of benzene rings is 1. The van der Waals surface area contributed by atoms with E-state index in [1.165, 1.54) is 18.2 Å². The largest absolute Gasteiger partial charge is 0.395 e. The molecular formula is C11H15F2NO. The summed E-state index contributed by atoms with van der Waals surface area (Å²) in [5.74, 6) is -1.04. The van der Waals surface area contributed by atoms with Crippen molar-refractivity contribution in [1.82, 2.24) is 5.32 Å². The van der Waals surface area contributed by atoms with Crippen molar-refractivity contribution in [2.75, 3.05) is 13.2 Å². The highest BCUT2D eigenvalue weighted by Crippen LogP contribution is 2.11. The van der Waals surface area contributed by atoms with Crippen molar-refractivity contribution in [2.24, 2.45) is 0 Å². The molecule has 1 rings (SSSR count). The van der Waals surface area contributed by atoms with Crippen molar-refractivity contribution in [3.8, 4) is 0 Å². The minimum atomic E-state index is -0.520. The maximum Gasteiger partial charge on any atom is 0.129 e. The summed E-state index contributed by atoms with van der Waals surface area (Å²) in [6, 6.07) is 3.78. The standard InChI is InChI=1S/C11H15F2NO/c1-8(7-15)14-6-5-9-10(12)3-2-4-11(9)13/h2-4,8,14-15H,5-7H2,1H3. The van der Waals surface area contributed by atoms with Crippen LogP contribution in [0, 0.1) is 11.6 Å². The van der Waals surface area contributed by atoms with Gasteiger partial charge in [0.25, 0.3) is 0 Å². The summed E-state index contributed by atoms with van der Waals surface area (Å²) in [6.45, 7) is 2.26. The van der Waals surface area contributed by atoms with Crippen molar-refractivity contribution in [3.63, 3.8) is 0 Å². The molecule has 0 heterocycles. The van der Waals surface area contributed by atoms with Gasteiger partial charge in [0, 0.05) is 11.6 Å². The van der Waals surface area contributed by atoms with Crippen molar-refractivity contribution in [1.29, 1.82) is 0 Å². The van der Waals surface area contributed by atoms with Gasteiger partial charge in [-0.1, -0.05) is 6.07 Å². The predicted octanol–water partition coefficient (Wildman–Crippen LogP) is 1.48. The molecule has 2 nitrogen and oxygen atoms in total. The molecule has 0 aromatic heterocycles. The van der Waals surface area contributed by atoms with E-state index in [0.29, 0.717) is 6.54 Å². The number of aliphatic hydroxyl groups excluding tert-OH is 1. The SMILES string of the molecule is CC(CO)NCCc1c(F)cccc1F. The molecule has 0 spiro atoms. The Bertz CT molecular complexity index is 297. The van der Waals surface area contributed by atoms with Crippen molar-refractivity contribution >= 4 is 0 Å². The van der Waals surface area contributed by atoms with Gasteiger partial charge in [0.15, 0.2) is 0 Å². The average molecular weight is 215 g/mol. The molecule has 0 aliphatic rings. The van der Waals surface area contributed by atoms with Gasteiger partial charge in [0.1, 0.15) is 11.6 Å². The van der Waals surface area contributed by atoms with Crippen molar-refractivity contribution in [3.05, 3.63) is 35.4 Å². The van der Waals surface area contributed by atoms with Crippen LogP contribution in [-0.2, 0) is 6.42 Å². The van der Waals surface area contributed by atoms with Gasteiger partial charge in [-0.15, -0.1) is 0 Å². The first-order valence-electron chi connectivity index (χ1n) is 4.92. The first-order valence-corrected chi connectivity index (χ1v) is 4.92. The molecule has 15 heavy (non-hydrogen) atoms. The van der Waals surface area contributed by atoms with E-state index < -0.39 is 11.6 Å². The molecule has 84 valence electrons. The lowest BCUT2D eigenvalue weighted by Gasteiger charge is -2.10. The van der Waals surface area contributed by atoms with Crippen LogP contribution in [0.25, 0.3) is 0 Å². The van der Waals surface area contributed by atoms with E-state index in [-0.39, 0.29) is 24.6 Å². The lowest BCUT2D eigenvalue weighted by Crippen LogP contribution is -2.31. The summed E-state index contributed by atoms with van der Waals surface area (Å²) in [6.07, 6.45) is 0.281. The molecule has 0 saturated carbocycles. The Labute approximate surface area is 87.9 Å². The fourth-order valence-corrected chi connectivity index (χ4v) is 1.28. The molecule has 1 aromatic carbocycles. The molecular weight excluding hydrogens is 200 g/mol. The number of halogens is 2. The topological polar surface area (TPSA) is 32.3 Å². The Balaban J connectivity index is 2.50. The number of rotatable bonds is 5. The first kappa shape index (κ1) is 12.1. The van der Waals surface area contributed by atoms with Crippen LogP contribution in [0.3, 0.4) is 0 Å². The predicted molar refractivity (Wildman–Crippen MR) is 54.6 cm³/mol. The second-order valence-electron chi connectivity index (χ2n) is 3.49. The summed E-state index contributed by atoms with van der Waals surface area (Å²) >= 11 is 0. The van der Waals surface area contributed by atoms with Crippen molar-refractivity contribution in [2.45, 2.75) is 19.4 Å². The van der Waals surface area contributed by atoms with Crippen LogP contribution in [-0.4, -0.2) is 24.3 Å². The number of nitrogens with one attached hydrogen (secondary N) is 1. The maximum atomic E-state index is 13.1. The minimum absolute atomic E-state index is 0.0136. The number of hydrogen-bond donors (Lipinski definition) is 2. The van der Waals surface area contributed by atoms with Crippen LogP contribution in [0.1, 0.15) is 12.5 Å². The Kier molecular flexibility index (Phi) is 4.65. The molecule has 0 radical (unpaired) electrons. The average Bonchev–Trinajstić information content (AvgIpc) is 2.22. The highest BCUT2D eigenvalue weighted by Gasteiger charge is 2.08. The second-order valence-corrected chi connectivity index (χ2v) is 3.49. The zero-order chi connectivity index (χ0) is 11.3. The summed E-state index contributed by atoms with van der Waals surface area (Å²) in [5, 5.41) is 11.7. The van der Waals surface area contributed by atoms with E-state index in [0.717, 1.165) is 0 Å². The van der Waals surface area contributed by atoms with Gasteiger partial charge in [-0.2, -0.15) is 0 Å². The minimum Gasteiger partial charge on any atom is -0.395 e. The zero-order valence-electron chi connectivity index (χ0n) is 8.63. The van der Waals surface area contributed by atoms with E-state index >= 15 is 0 Å². The fourth-order valence-electron chi connectivity index (χ4n) is 1.28. The van der Waals surface area contributed by atoms with Gasteiger partial charge in [0.2, 0.25) is 0 Å². The Hall–Kier alpha value is -1.00. The monoisotopic (exact) mass is 215 g/mol. The van der Waals surface area contributed by atoms with E-state index in [4.69, 9.17) is 5.11 Å². The summed E-state index contributed by atoms with van der Waals surface area (Å²) in [7, 11) is 0. The van der Waals surface area contributed by atoms with Crippen LogP contribution in [0.4, 0.5) is 8.78 Å². The van der Waals surface area contributed by atoms with Crippen LogP contribution in [0.15, 0.2) is 18.2 Å². The number of aliphatic hydroxyl groups is 1. The lowest BCUT2D eigenvalue weighted by atomic mass is 10.1. The molecule has 0 fully saturated rings. The molecule has 0 aliphatic heterocycles. The number of hydrogen-bond acceptors (Lipinski definition) is 2. The van der Waals surface area contributed by atoms with E-state index in [1.807, 2.05) is 0 Å². The summed E-state index contributed by atoms with van der Waals surface area (Å²) < 4.78 is 26.3. The molecule has 0 aliphatic carbocycles. The second kappa shape index (κ2) is 5.78. The molecule has 1 unspecified atom stereocenters. The van der Waals surface area contributed by atoms with Gasteiger partial charge in [-0.25, -0.2) is 8.78 Å². The van der Waals surface area contributed by atoms with Gasteiger partial charge in [-0.05, 0) is 32.0 Å². The third-order valence-corrected chi connectivity index (χ3v) is 2.20. The third kappa shape index (κ3) is 3.57. The van der Waals surface area contributed by atoms with Crippen LogP contribution in [0.2, 0.25) is 0 Å². The lowest BCUT2D eigenvalue weighted by molar-refractivity contribution is 0.252. The highest BCUT2D eigenvalue weighted by molar-refractivity contribution is 5.19. The highest BCUT2D eigenvalue weighted by atomic mass is 19.1. The van der Waals surface area contributed by atoms with E-state index in [1.54, 1.807) is 6.92 Å². The molecule has 1 aromatic rings. The smallest absolute Gasteiger partial charge is 0.129 e. The van der Waals surface area contributed by atoms with Gasteiger partial charge >= 0.3 is 0 Å². The normalized spacial score (nSPS) is 12.8. The molecule has 0 amide bonds. The maximum absolute atomic E-state index is 13.1. The molecule has 0 bridgehead atoms. The van der Waals surface area contributed by atoms with Gasteiger partial charge < -0.3 is 10.4 Å². The molecule has 2 N–H and O–H groups in total. The van der Waals surface area contributed by atoms with Gasteiger partial charge in [-0.3, -0.25) is 0 Å². The van der Waals surface area contributed by atoms with Crippen LogP contribution >= 0.6 is 0 Å². The van der Waals surface area contributed by atoms with E-state index in [2.05, 4.69) is 5.32 Å². The Morgan fingerprint density at radius 3 is 2.47 bits per heavy atom. The van der Waals surface area contributed by atoms with Crippen LogP contribution < -0.4 is 5.32 Å². The fraction of sp³-hybridized carbons (Fsp3) is 0.455. The van der Waals surface area contributed by atoms with Crippen LogP contribution in [0.5, 0.6) is 0 Å². The van der Waals surface area contributed by atoms with Gasteiger partial charge in [0.05, 0.1) is 6.61 Å². The summed E-state index contributed by atoms with van der Waals surface area (Å²) in [5.41, 5.74) is 0.0927. The Morgan fingerprint density at radius 2 is 1.93 bits per heavy atom. The zero-order valence-corrected chi connectivity index (χ0v) is 8.63. The molecule has 1 atom stereocenters. The first-order chi connectivity index (χ1) is 7.15. The Morgan fingerprint density at radius 1 is 1.33 bits per heavy atom. The molecule has 0 saturated heterocycles. The molecule has 4 heteroatoms. The third-order valence-electron chi connectivity index (χ3n) is 2.20. The van der Waals surface area contributed by atoms with E-state index in [9.17, 15) is 8.78 Å². The van der Waals surface area contributed by atoms with Crippen molar-refractivity contribution < 1.29 is 13.9 Å². The summed E-state index contributed by atoms with van der Waals surface area (Å²) in [4.78, 5) is 0. The quantitative estimate of drug-likeness (QED) is 0.779.